The number of nitrogens with two attached hydrogens (primary N) is 1. The molecular formula is C11H17BrN2. The molecular weight excluding hydrogens is 240 g/mol. The SMILES string of the molecule is CCN(C)Cc1ccc(CN)cc1Br. The normalized spacial score (nSPS) is 10.9. The van der Waals surface area contributed by atoms with Gasteiger partial charge in [-0.3, -0.25) is 0 Å². The molecule has 0 amide bonds. The average molecular weight is 257 g/mol. The Morgan fingerprint density at radius 3 is 2.64 bits per heavy atom. The van der Waals surface area contributed by atoms with Gasteiger partial charge in [0.2, 0.25) is 0 Å². The van der Waals surface area contributed by atoms with Crippen molar-refractivity contribution in [3.63, 3.8) is 0 Å². The van der Waals surface area contributed by atoms with Crippen LogP contribution in [0, 0.1) is 0 Å². The Bertz CT molecular complexity index is 299. The Hall–Kier alpha value is -0.380. The Balaban J connectivity index is 2.78. The van der Waals surface area contributed by atoms with Crippen molar-refractivity contribution in [1.29, 1.82) is 0 Å². The fourth-order valence-corrected chi connectivity index (χ4v) is 1.80. The predicted molar refractivity (Wildman–Crippen MR) is 64.0 cm³/mol. The van der Waals surface area contributed by atoms with Gasteiger partial charge in [-0.2, -0.15) is 0 Å². The second-order valence-electron chi connectivity index (χ2n) is 3.46. The second-order valence-corrected chi connectivity index (χ2v) is 4.31. The van der Waals surface area contributed by atoms with Gasteiger partial charge in [0.1, 0.15) is 0 Å². The van der Waals surface area contributed by atoms with Gasteiger partial charge in [-0.1, -0.05) is 35.0 Å². The van der Waals surface area contributed by atoms with E-state index < -0.39 is 0 Å². The van der Waals surface area contributed by atoms with E-state index in [1.165, 1.54) is 11.1 Å². The first-order valence-electron chi connectivity index (χ1n) is 4.83. The van der Waals surface area contributed by atoms with Crippen LogP contribution in [0.5, 0.6) is 0 Å². The van der Waals surface area contributed by atoms with E-state index in [4.69, 9.17) is 5.73 Å². The lowest BCUT2D eigenvalue weighted by Crippen LogP contribution is -2.17. The Kier molecular flexibility index (Phi) is 4.58. The first-order chi connectivity index (χ1) is 6.67. The second kappa shape index (κ2) is 5.49. The quantitative estimate of drug-likeness (QED) is 0.897. The summed E-state index contributed by atoms with van der Waals surface area (Å²) in [6, 6.07) is 6.32. The van der Waals surface area contributed by atoms with E-state index in [0.717, 1.165) is 17.6 Å². The zero-order valence-corrected chi connectivity index (χ0v) is 10.3. The molecule has 2 N–H and O–H groups in total. The molecule has 0 radical (unpaired) electrons. The van der Waals surface area contributed by atoms with Crippen molar-refractivity contribution in [3.8, 4) is 0 Å². The van der Waals surface area contributed by atoms with Crippen molar-refractivity contribution in [2.24, 2.45) is 5.73 Å². The van der Waals surface area contributed by atoms with Crippen molar-refractivity contribution in [2.45, 2.75) is 20.0 Å². The maximum atomic E-state index is 5.56. The summed E-state index contributed by atoms with van der Waals surface area (Å²) in [7, 11) is 2.11. The summed E-state index contributed by atoms with van der Waals surface area (Å²) in [6.07, 6.45) is 0. The Morgan fingerprint density at radius 2 is 2.14 bits per heavy atom. The molecule has 0 aliphatic rings. The van der Waals surface area contributed by atoms with Crippen LogP contribution in [0.1, 0.15) is 18.1 Å². The van der Waals surface area contributed by atoms with E-state index in [-0.39, 0.29) is 0 Å². The standard InChI is InChI=1S/C11H17BrN2/c1-3-14(2)8-10-5-4-9(7-13)6-11(10)12/h4-6H,3,7-8,13H2,1-2H3. The van der Waals surface area contributed by atoms with E-state index in [1.807, 2.05) is 0 Å². The van der Waals surface area contributed by atoms with Gasteiger partial charge in [0.05, 0.1) is 0 Å². The van der Waals surface area contributed by atoms with Gasteiger partial charge in [-0.05, 0) is 30.8 Å². The number of hydrogen-bond acceptors (Lipinski definition) is 2. The molecule has 1 aromatic rings. The van der Waals surface area contributed by atoms with Crippen LogP contribution in [0.4, 0.5) is 0 Å². The molecule has 2 nitrogen and oxygen atoms in total. The van der Waals surface area contributed by atoms with Gasteiger partial charge in [0.25, 0.3) is 0 Å². The highest BCUT2D eigenvalue weighted by Gasteiger charge is 2.03. The number of benzene rings is 1. The first-order valence-corrected chi connectivity index (χ1v) is 5.62. The molecule has 0 heterocycles. The molecule has 0 aromatic heterocycles. The number of nitrogens with zero attached hydrogens (tertiary/aromatic N) is 1. The first kappa shape index (κ1) is 11.7. The maximum Gasteiger partial charge on any atom is 0.0241 e. The molecule has 14 heavy (non-hydrogen) atoms. The summed E-state index contributed by atoms with van der Waals surface area (Å²) < 4.78 is 1.15. The largest absolute Gasteiger partial charge is 0.326 e. The van der Waals surface area contributed by atoms with Crippen molar-refractivity contribution in [3.05, 3.63) is 33.8 Å². The molecule has 78 valence electrons. The van der Waals surface area contributed by atoms with E-state index in [2.05, 4.69) is 53.0 Å². The van der Waals surface area contributed by atoms with Gasteiger partial charge in [-0.15, -0.1) is 0 Å². The molecule has 0 fully saturated rings. The lowest BCUT2D eigenvalue weighted by Gasteiger charge is -2.15. The summed E-state index contributed by atoms with van der Waals surface area (Å²) in [5.41, 5.74) is 8.04. The third-order valence-electron chi connectivity index (χ3n) is 2.33. The molecule has 0 bridgehead atoms. The predicted octanol–water partition coefficient (Wildman–Crippen LogP) is 2.36. The highest BCUT2D eigenvalue weighted by atomic mass is 79.9. The topological polar surface area (TPSA) is 29.3 Å². The molecule has 3 heteroatoms. The van der Waals surface area contributed by atoms with E-state index in [1.54, 1.807) is 0 Å². The third-order valence-corrected chi connectivity index (χ3v) is 3.07. The lowest BCUT2D eigenvalue weighted by atomic mass is 10.1. The van der Waals surface area contributed by atoms with Crippen molar-refractivity contribution >= 4 is 15.9 Å². The van der Waals surface area contributed by atoms with E-state index >= 15 is 0 Å². The highest BCUT2D eigenvalue weighted by Crippen LogP contribution is 2.19. The Morgan fingerprint density at radius 1 is 1.43 bits per heavy atom. The molecule has 0 saturated heterocycles. The monoisotopic (exact) mass is 256 g/mol. The van der Waals surface area contributed by atoms with Crippen LogP contribution in [0.15, 0.2) is 22.7 Å². The van der Waals surface area contributed by atoms with Crippen LogP contribution in [0.3, 0.4) is 0 Å². The fraction of sp³-hybridized carbons (Fsp3) is 0.455. The molecule has 1 rings (SSSR count). The van der Waals surface area contributed by atoms with Crippen LogP contribution in [-0.4, -0.2) is 18.5 Å². The van der Waals surface area contributed by atoms with Crippen LogP contribution in [0.25, 0.3) is 0 Å². The number of halogens is 1. The summed E-state index contributed by atoms with van der Waals surface area (Å²) >= 11 is 3.56. The third kappa shape index (κ3) is 3.08. The van der Waals surface area contributed by atoms with Gasteiger partial charge in [0, 0.05) is 17.6 Å². The molecule has 0 spiro atoms. The van der Waals surface area contributed by atoms with Gasteiger partial charge in [0.15, 0.2) is 0 Å². The minimum absolute atomic E-state index is 0.600. The summed E-state index contributed by atoms with van der Waals surface area (Å²) in [5, 5.41) is 0. The van der Waals surface area contributed by atoms with Crippen molar-refractivity contribution in [1.82, 2.24) is 4.90 Å². The zero-order chi connectivity index (χ0) is 10.6. The minimum atomic E-state index is 0.600. The van der Waals surface area contributed by atoms with E-state index in [9.17, 15) is 0 Å². The van der Waals surface area contributed by atoms with Crippen molar-refractivity contribution in [2.75, 3.05) is 13.6 Å². The van der Waals surface area contributed by atoms with E-state index in [0.29, 0.717) is 6.54 Å². The summed E-state index contributed by atoms with van der Waals surface area (Å²) in [4.78, 5) is 2.27. The summed E-state index contributed by atoms with van der Waals surface area (Å²) in [6.45, 7) is 4.79. The number of hydrogen-bond donors (Lipinski definition) is 1. The molecule has 0 aliphatic heterocycles. The molecule has 0 atom stereocenters. The van der Waals surface area contributed by atoms with Crippen LogP contribution < -0.4 is 5.73 Å². The summed E-state index contributed by atoms with van der Waals surface area (Å²) in [5.74, 6) is 0. The molecule has 0 aliphatic carbocycles. The van der Waals surface area contributed by atoms with Gasteiger partial charge >= 0.3 is 0 Å². The molecule has 1 aromatic carbocycles. The highest BCUT2D eigenvalue weighted by molar-refractivity contribution is 9.10. The van der Waals surface area contributed by atoms with Gasteiger partial charge in [-0.25, -0.2) is 0 Å². The Labute approximate surface area is 94.2 Å². The fourth-order valence-electron chi connectivity index (χ4n) is 1.25. The van der Waals surface area contributed by atoms with Crippen LogP contribution in [0.2, 0.25) is 0 Å². The smallest absolute Gasteiger partial charge is 0.0241 e. The minimum Gasteiger partial charge on any atom is -0.326 e. The number of rotatable bonds is 4. The zero-order valence-electron chi connectivity index (χ0n) is 8.76. The average Bonchev–Trinajstić information content (AvgIpc) is 2.20. The van der Waals surface area contributed by atoms with Crippen molar-refractivity contribution < 1.29 is 0 Å². The maximum absolute atomic E-state index is 5.56. The molecule has 0 unspecified atom stereocenters. The van der Waals surface area contributed by atoms with Gasteiger partial charge < -0.3 is 10.6 Å². The van der Waals surface area contributed by atoms with Crippen LogP contribution >= 0.6 is 15.9 Å². The lowest BCUT2D eigenvalue weighted by molar-refractivity contribution is 0.345. The molecule has 0 saturated carbocycles. The van der Waals surface area contributed by atoms with Crippen LogP contribution in [-0.2, 0) is 13.1 Å².